The number of hydrogen-bond acceptors (Lipinski definition) is 5. The van der Waals surface area contributed by atoms with Gasteiger partial charge in [0.2, 0.25) is 0 Å². The Morgan fingerprint density at radius 3 is 3.16 bits per heavy atom. The van der Waals surface area contributed by atoms with E-state index in [1.54, 1.807) is 12.5 Å². The van der Waals surface area contributed by atoms with Gasteiger partial charge in [-0.15, -0.1) is 0 Å². The molecule has 0 bridgehead atoms. The van der Waals surface area contributed by atoms with Crippen LogP contribution in [0.15, 0.2) is 46.4 Å². The lowest BCUT2D eigenvalue weighted by molar-refractivity contribution is 0.343. The number of oxazole rings is 1. The zero-order chi connectivity index (χ0) is 13.3. The van der Waals surface area contributed by atoms with Gasteiger partial charge >= 0.3 is 0 Å². The summed E-state index contributed by atoms with van der Waals surface area (Å²) < 4.78 is 10.8. The van der Waals surface area contributed by atoms with Gasteiger partial charge in [-0.2, -0.15) is 0 Å². The molecule has 2 rings (SSSR count). The molecular weight excluding hydrogens is 260 g/mol. The highest BCUT2D eigenvalue weighted by Crippen LogP contribution is 2.16. The smallest absolute Gasteiger partial charge is 0.255 e. The highest BCUT2D eigenvalue weighted by molar-refractivity contribution is 7.99. The summed E-state index contributed by atoms with van der Waals surface area (Å²) in [5, 5.41) is 0.658. The van der Waals surface area contributed by atoms with Crippen LogP contribution < -0.4 is 10.5 Å². The van der Waals surface area contributed by atoms with Crippen molar-refractivity contribution in [1.29, 1.82) is 0 Å². The van der Waals surface area contributed by atoms with Crippen LogP contribution in [0.5, 0.6) is 5.75 Å². The lowest BCUT2D eigenvalue weighted by Crippen LogP contribution is -2.00. The predicted octanol–water partition coefficient (Wildman–Crippen LogP) is 2.16. The second-order valence-electron chi connectivity index (χ2n) is 3.53. The fourth-order valence-corrected chi connectivity index (χ4v) is 1.99. The molecule has 0 fully saturated rings. The third-order valence-corrected chi connectivity index (χ3v) is 2.98. The molecule has 1 aromatic heterocycles. The molecule has 5 heteroatoms. The zero-order valence-electron chi connectivity index (χ0n) is 10.3. The number of nitrogens with two attached hydrogens (primary N) is 1. The summed E-state index contributed by atoms with van der Waals surface area (Å²) >= 11 is 1.52. The molecule has 2 aromatic rings. The van der Waals surface area contributed by atoms with Gasteiger partial charge in [0.05, 0.1) is 19.3 Å². The molecule has 4 nitrogen and oxygen atoms in total. The summed E-state index contributed by atoms with van der Waals surface area (Å²) in [6.45, 7) is 0.943. The van der Waals surface area contributed by atoms with E-state index in [2.05, 4.69) is 16.8 Å². The maximum absolute atomic E-state index is 5.64. The van der Waals surface area contributed by atoms with Crippen molar-refractivity contribution in [1.82, 2.24) is 4.98 Å². The van der Waals surface area contributed by atoms with Crippen LogP contribution in [0.1, 0.15) is 5.56 Å². The van der Waals surface area contributed by atoms with Crippen molar-refractivity contribution in [2.45, 2.75) is 5.22 Å². The Hall–Kier alpha value is -1.90. The summed E-state index contributed by atoms with van der Waals surface area (Å²) in [4.78, 5) is 4.02. The maximum atomic E-state index is 5.64. The standard InChI is InChI=1S/C14H14N2O2S/c15-6-2-4-12-3-1-5-13(11-12)17-9-10-19-14-16-7-8-18-14/h1,3,5,7-8,11H,6,9-10,15H2. The Morgan fingerprint density at radius 2 is 2.37 bits per heavy atom. The van der Waals surface area contributed by atoms with Crippen LogP contribution in [0.4, 0.5) is 0 Å². The van der Waals surface area contributed by atoms with Crippen LogP contribution >= 0.6 is 11.8 Å². The van der Waals surface area contributed by atoms with Gasteiger partial charge in [0.1, 0.15) is 12.0 Å². The van der Waals surface area contributed by atoms with E-state index in [0.717, 1.165) is 17.1 Å². The molecule has 0 radical (unpaired) electrons. The normalized spacial score (nSPS) is 9.74. The van der Waals surface area contributed by atoms with Crippen molar-refractivity contribution >= 4 is 11.8 Å². The maximum Gasteiger partial charge on any atom is 0.255 e. The minimum Gasteiger partial charge on any atom is -0.493 e. The molecule has 0 aliphatic heterocycles. The van der Waals surface area contributed by atoms with Crippen LogP contribution in [-0.4, -0.2) is 23.9 Å². The second kappa shape index (κ2) is 7.52. The summed E-state index contributed by atoms with van der Waals surface area (Å²) in [5.74, 6) is 7.37. The van der Waals surface area contributed by atoms with E-state index in [1.165, 1.54) is 11.8 Å². The van der Waals surface area contributed by atoms with Gasteiger partial charge in [-0.25, -0.2) is 4.98 Å². The second-order valence-corrected chi connectivity index (χ2v) is 4.57. The number of hydrogen-bond donors (Lipinski definition) is 1. The molecule has 1 heterocycles. The van der Waals surface area contributed by atoms with Crippen LogP contribution in [0.3, 0.4) is 0 Å². The SMILES string of the molecule is NCC#Cc1cccc(OCCSc2ncco2)c1. The zero-order valence-corrected chi connectivity index (χ0v) is 11.2. The van der Waals surface area contributed by atoms with E-state index in [4.69, 9.17) is 14.9 Å². The molecular formula is C14H14N2O2S. The first-order valence-electron chi connectivity index (χ1n) is 5.82. The molecule has 1 aromatic carbocycles. The molecule has 0 saturated heterocycles. The first-order chi connectivity index (χ1) is 9.38. The highest BCUT2D eigenvalue weighted by atomic mass is 32.2. The van der Waals surface area contributed by atoms with Crippen molar-refractivity contribution in [2.24, 2.45) is 5.73 Å². The van der Waals surface area contributed by atoms with Crippen molar-refractivity contribution in [3.63, 3.8) is 0 Å². The summed E-state index contributed by atoms with van der Waals surface area (Å²) in [6, 6.07) is 7.65. The van der Waals surface area contributed by atoms with Crippen LogP contribution in [0.25, 0.3) is 0 Å². The number of thioether (sulfide) groups is 1. The third kappa shape index (κ3) is 4.70. The minimum absolute atomic E-state index is 0.359. The van der Waals surface area contributed by atoms with Crippen molar-refractivity contribution in [3.8, 4) is 17.6 Å². The molecule has 0 aliphatic carbocycles. The van der Waals surface area contributed by atoms with Crippen LogP contribution in [0.2, 0.25) is 0 Å². The Labute approximate surface area is 116 Å². The van der Waals surface area contributed by atoms with Crippen molar-refractivity contribution in [3.05, 3.63) is 42.3 Å². The van der Waals surface area contributed by atoms with Gasteiger partial charge in [-0.1, -0.05) is 29.7 Å². The molecule has 0 atom stereocenters. The molecule has 0 unspecified atom stereocenters. The summed E-state index contributed by atoms with van der Waals surface area (Å²) in [5.41, 5.74) is 6.24. The average Bonchev–Trinajstić information content (AvgIpc) is 2.95. The molecule has 0 saturated carbocycles. The summed E-state index contributed by atoms with van der Waals surface area (Å²) in [7, 11) is 0. The minimum atomic E-state index is 0.359. The van der Waals surface area contributed by atoms with E-state index in [-0.39, 0.29) is 0 Å². The monoisotopic (exact) mass is 274 g/mol. The first kappa shape index (κ1) is 13.5. The van der Waals surface area contributed by atoms with E-state index < -0.39 is 0 Å². The van der Waals surface area contributed by atoms with Gasteiger partial charge < -0.3 is 14.9 Å². The summed E-state index contributed by atoms with van der Waals surface area (Å²) in [6.07, 6.45) is 3.19. The first-order valence-corrected chi connectivity index (χ1v) is 6.81. The van der Waals surface area contributed by atoms with Gasteiger partial charge in [0.25, 0.3) is 5.22 Å². The lowest BCUT2D eigenvalue weighted by Gasteiger charge is -2.05. The lowest BCUT2D eigenvalue weighted by atomic mass is 10.2. The van der Waals surface area contributed by atoms with E-state index >= 15 is 0 Å². The molecule has 19 heavy (non-hydrogen) atoms. The largest absolute Gasteiger partial charge is 0.493 e. The predicted molar refractivity (Wildman–Crippen MR) is 75.1 cm³/mol. The van der Waals surface area contributed by atoms with E-state index in [1.807, 2.05) is 24.3 Å². The van der Waals surface area contributed by atoms with Gasteiger partial charge in [0, 0.05) is 11.3 Å². The third-order valence-electron chi connectivity index (χ3n) is 2.16. The number of nitrogens with zero attached hydrogens (tertiary/aromatic N) is 1. The quantitative estimate of drug-likeness (QED) is 0.514. The van der Waals surface area contributed by atoms with Crippen LogP contribution in [-0.2, 0) is 0 Å². The van der Waals surface area contributed by atoms with Crippen molar-refractivity contribution < 1.29 is 9.15 Å². The Bertz CT molecular complexity index is 558. The van der Waals surface area contributed by atoms with Crippen LogP contribution in [0, 0.1) is 11.8 Å². The number of aromatic nitrogens is 1. The molecule has 0 spiro atoms. The van der Waals surface area contributed by atoms with Crippen molar-refractivity contribution in [2.75, 3.05) is 18.9 Å². The van der Waals surface area contributed by atoms with E-state index in [0.29, 0.717) is 18.4 Å². The van der Waals surface area contributed by atoms with Gasteiger partial charge in [0.15, 0.2) is 0 Å². The molecule has 2 N–H and O–H groups in total. The van der Waals surface area contributed by atoms with Gasteiger partial charge in [-0.3, -0.25) is 0 Å². The fourth-order valence-electron chi connectivity index (χ4n) is 1.39. The number of benzene rings is 1. The Balaban J connectivity index is 1.79. The Kier molecular flexibility index (Phi) is 5.35. The number of rotatable bonds is 5. The van der Waals surface area contributed by atoms with Gasteiger partial charge in [-0.05, 0) is 18.2 Å². The van der Waals surface area contributed by atoms with E-state index in [9.17, 15) is 0 Å². The average molecular weight is 274 g/mol. The Morgan fingerprint density at radius 1 is 1.42 bits per heavy atom. The molecule has 0 aliphatic rings. The highest BCUT2D eigenvalue weighted by Gasteiger charge is 1.99. The fraction of sp³-hybridized carbons (Fsp3) is 0.214. The number of ether oxygens (including phenoxy) is 1. The molecule has 98 valence electrons. The molecule has 0 amide bonds. The topological polar surface area (TPSA) is 61.3 Å².